The van der Waals surface area contributed by atoms with Crippen molar-refractivity contribution in [1.82, 2.24) is 9.97 Å². The zero-order valence-corrected chi connectivity index (χ0v) is 19.0. The molecule has 0 unspecified atom stereocenters. The fourth-order valence-electron chi connectivity index (χ4n) is 2.49. The molecule has 0 amide bonds. The van der Waals surface area contributed by atoms with Crippen molar-refractivity contribution in [2.75, 3.05) is 20.0 Å². The topological polar surface area (TPSA) is 70.3 Å². The van der Waals surface area contributed by atoms with E-state index < -0.39 is 0 Å². The van der Waals surface area contributed by atoms with Crippen LogP contribution in [0.1, 0.15) is 14.9 Å². The highest BCUT2D eigenvalue weighted by atomic mass is 79.9. The van der Waals surface area contributed by atoms with Crippen molar-refractivity contribution in [2.45, 2.75) is 14.9 Å². The summed E-state index contributed by atoms with van der Waals surface area (Å²) in [6.45, 7) is 0. The molecule has 160 valence electrons. The number of nitrogen functional groups attached to an aromatic ring is 1. The van der Waals surface area contributed by atoms with E-state index in [0.29, 0.717) is 11.0 Å². The summed E-state index contributed by atoms with van der Waals surface area (Å²) in [7, 11) is 3.25. The smallest absolute Gasteiger partial charge is 0.143 e. The molecular weight excluding hydrogens is 534 g/mol. The molecule has 2 aromatic carbocycles. The first-order valence-electron chi connectivity index (χ1n) is 8.11. The van der Waals surface area contributed by atoms with Gasteiger partial charge in [0.25, 0.3) is 0 Å². The number of nitrogens with zero attached hydrogens (tertiary/aromatic N) is 2. The van der Waals surface area contributed by atoms with E-state index in [1.165, 1.54) is 0 Å². The second-order valence-electron chi connectivity index (χ2n) is 5.73. The van der Waals surface area contributed by atoms with Gasteiger partial charge in [0.05, 0.1) is 34.2 Å². The molecule has 4 rings (SSSR count). The molecule has 0 aliphatic heterocycles. The van der Waals surface area contributed by atoms with Crippen molar-refractivity contribution in [3.05, 3.63) is 62.6 Å². The summed E-state index contributed by atoms with van der Waals surface area (Å²) in [6, 6.07) is 15.3. The third kappa shape index (κ3) is 5.97. The normalized spacial score (nSPS) is 9.77. The average molecular weight is 558 g/mol. The first-order chi connectivity index (χ1) is 13.4. The molecule has 5 nitrogen and oxygen atoms in total. The maximum Gasteiger partial charge on any atom is 0.143 e. The lowest BCUT2D eigenvalue weighted by molar-refractivity contribution is 0.415. The predicted octanol–water partition coefficient (Wildman–Crippen LogP) is 7.52. The van der Waals surface area contributed by atoms with E-state index in [1.807, 2.05) is 48.5 Å². The zero-order chi connectivity index (χ0) is 20.3. The van der Waals surface area contributed by atoms with Gasteiger partial charge in [0.15, 0.2) is 0 Å². The van der Waals surface area contributed by atoms with Crippen LogP contribution in [0.5, 0.6) is 11.5 Å². The predicted molar refractivity (Wildman–Crippen MR) is 135 cm³/mol. The van der Waals surface area contributed by atoms with E-state index in [9.17, 15) is 0 Å². The quantitative estimate of drug-likeness (QED) is 0.258. The maximum absolute atomic E-state index is 5.88. The van der Waals surface area contributed by atoms with Crippen LogP contribution in [-0.2, 0) is 0 Å². The van der Waals surface area contributed by atoms with Gasteiger partial charge in [-0.1, -0.05) is 26.5 Å². The summed E-state index contributed by atoms with van der Waals surface area (Å²) < 4.78 is 11.8. The van der Waals surface area contributed by atoms with Gasteiger partial charge in [-0.05, 0) is 68.3 Å². The van der Waals surface area contributed by atoms with Crippen molar-refractivity contribution in [3.8, 4) is 11.5 Å². The summed E-state index contributed by atoms with van der Waals surface area (Å²) in [5.41, 5.74) is 7.35. The molecule has 0 radical (unpaired) electrons. The van der Waals surface area contributed by atoms with Crippen molar-refractivity contribution in [3.63, 3.8) is 0 Å². The van der Waals surface area contributed by atoms with Crippen LogP contribution in [0.15, 0.2) is 57.5 Å². The van der Waals surface area contributed by atoms with Crippen LogP contribution in [0, 0.1) is 0 Å². The Morgan fingerprint density at radius 1 is 0.767 bits per heavy atom. The Kier molecular flexibility index (Phi) is 9.81. The van der Waals surface area contributed by atoms with Crippen LogP contribution in [0.2, 0.25) is 5.15 Å². The Labute approximate surface area is 198 Å². The molecule has 2 N–H and O–H groups in total. The van der Waals surface area contributed by atoms with Crippen molar-refractivity contribution >= 4 is 71.1 Å². The summed E-state index contributed by atoms with van der Waals surface area (Å²) in [4.78, 5) is 8.46. The van der Waals surface area contributed by atoms with Crippen LogP contribution < -0.4 is 15.2 Å². The van der Waals surface area contributed by atoms with Crippen LogP contribution in [-0.4, -0.2) is 24.2 Å². The number of hydrogen-bond acceptors (Lipinski definition) is 5. The lowest BCUT2D eigenvalue weighted by atomic mass is 10.2. The minimum atomic E-state index is 0. The first kappa shape index (κ1) is 25.9. The van der Waals surface area contributed by atoms with Crippen LogP contribution in [0.4, 0.5) is 5.82 Å². The Morgan fingerprint density at radius 3 is 1.73 bits per heavy atom. The maximum atomic E-state index is 5.88. The number of nitrogens with two attached hydrogens (primary N) is 1. The van der Waals surface area contributed by atoms with Crippen molar-refractivity contribution < 1.29 is 9.47 Å². The lowest BCUT2D eigenvalue weighted by Crippen LogP contribution is -1.92. The fraction of sp³-hybridized carbons (Fsp3) is 0.182. The van der Waals surface area contributed by atoms with Gasteiger partial charge in [-0.2, -0.15) is 0 Å². The molecule has 0 aliphatic carbocycles. The second-order valence-corrected chi connectivity index (χ2v) is 7.80. The number of anilines is 1. The second kappa shape index (κ2) is 11.3. The van der Waals surface area contributed by atoms with Gasteiger partial charge in [0.1, 0.15) is 22.5 Å². The highest BCUT2D eigenvalue weighted by Gasteiger charge is 2.03. The fourth-order valence-corrected chi connectivity index (χ4v) is 3.30. The Morgan fingerprint density at radius 2 is 1.23 bits per heavy atom. The highest BCUT2D eigenvalue weighted by Crippen LogP contribution is 2.27. The summed E-state index contributed by atoms with van der Waals surface area (Å²) in [5, 5.41) is 2.53. The van der Waals surface area contributed by atoms with Gasteiger partial charge in [-0.25, -0.2) is 9.97 Å². The van der Waals surface area contributed by atoms with Gasteiger partial charge in [0, 0.05) is 22.9 Å². The molecule has 0 saturated heterocycles. The highest BCUT2D eigenvalue weighted by molar-refractivity contribution is 9.11. The van der Waals surface area contributed by atoms with Crippen LogP contribution in [0.3, 0.4) is 0 Å². The Balaban J connectivity index is 0.000000281. The standard InChI is InChI=1S/C10H7BrClNO.C10H9BrN2O.2CH4/c2*1-14-7-3-2-6-4-8(11)10(12)13-9(6)5-7;;/h2-5H,1H3;2-5H,1H3,(H2,12,13);2*1H4. The van der Waals surface area contributed by atoms with Gasteiger partial charge in [-0.3, -0.25) is 0 Å². The summed E-state index contributed by atoms with van der Waals surface area (Å²) >= 11 is 12.5. The van der Waals surface area contributed by atoms with Crippen LogP contribution >= 0.6 is 43.5 Å². The summed E-state index contributed by atoms with van der Waals surface area (Å²) in [5.74, 6) is 2.06. The van der Waals surface area contributed by atoms with E-state index in [4.69, 9.17) is 26.8 Å². The zero-order valence-electron chi connectivity index (χ0n) is 15.0. The van der Waals surface area contributed by atoms with Gasteiger partial charge >= 0.3 is 0 Å². The summed E-state index contributed by atoms with van der Waals surface area (Å²) in [6.07, 6.45) is 0. The number of ether oxygens (including phenoxy) is 2. The number of rotatable bonds is 2. The van der Waals surface area contributed by atoms with Gasteiger partial charge in [-0.15, -0.1) is 0 Å². The lowest BCUT2D eigenvalue weighted by Gasteiger charge is -2.03. The SMILES string of the molecule is C.C.COc1ccc2cc(Br)c(Cl)nc2c1.COc1ccc2cc(Br)c(N)nc2c1. The number of pyridine rings is 2. The monoisotopic (exact) mass is 555 g/mol. The number of methoxy groups -OCH3 is 2. The molecule has 4 aromatic rings. The van der Waals surface area contributed by atoms with E-state index in [1.54, 1.807) is 14.2 Å². The molecule has 2 heterocycles. The minimum absolute atomic E-state index is 0. The molecular formula is C22H24Br2ClN3O2. The molecule has 2 aromatic heterocycles. The third-order valence-electron chi connectivity index (χ3n) is 3.94. The van der Waals surface area contributed by atoms with Crippen LogP contribution in [0.25, 0.3) is 21.8 Å². The molecule has 0 aliphatic rings. The number of hydrogen-bond donors (Lipinski definition) is 1. The van der Waals surface area contributed by atoms with Crippen molar-refractivity contribution in [1.29, 1.82) is 0 Å². The number of aromatic nitrogens is 2. The van der Waals surface area contributed by atoms with E-state index in [0.717, 1.165) is 42.3 Å². The molecule has 0 spiro atoms. The Hall–Kier alpha value is -2.09. The van der Waals surface area contributed by atoms with Crippen molar-refractivity contribution in [2.24, 2.45) is 0 Å². The molecule has 30 heavy (non-hydrogen) atoms. The molecule has 0 atom stereocenters. The molecule has 0 fully saturated rings. The number of halogens is 3. The van der Waals surface area contributed by atoms with E-state index in [2.05, 4.69) is 41.8 Å². The average Bonchev–Trinajstić information content (AvgIpc) is 2.69. The van der Waals surface area contributed by atoms with E-state index in [-0.39, 0.29) is 14.9 Å². The minimum Gasteiger partial charge on any atom is -0.497 e. The van der Waals surface area contributed by atoms with Gasteiger partial charge in [0.2, 0.25) is 0 Å². The number of fused-ring (bicyclic) bond motifs is 2. The Bertz CT molecular complexity index is 1060. The molecule has 8 heteroatoms. The number of benzene rings is 2. The third-order valence-corrected chi connectivity index (χ3v) is 5.70. The first-order valence-corrected chi connectivity index (χ1v) is 10.1. The van der Waals surface area contributed by atoms with E-state index >= 15 is 0 Å². The molecule has 0 saturated carbocycles. The largest absolute Gasteiger partial charge is 0.497 e. The van der Waals surface area contributed by atoms with Gasteiger partial charge < -0.3 is 15.2 Å². The molecule has 0 bridgehead atoms.